The van der Waals surface area contributed by atoms with Crippen LogP contribution in [0.15, 0.2) is 18.6 Å². The average Bonchev–Trinajstić information content (AvgIpc) is 2.77. The van der Waals surface area contributed by atoms with Crippen molar-refractivity contribution in [3.05, 3.63) is 30.1 Å². The molecule has 0 aliphatic carbocycles. The summed E-state index contributed by atoms with van der Waals surface area (Å²) in [6, 6.07) is -0.116. The topological polar surface area (TPSA) is 69.6 Å². The molecule has 0 bridgehead atoms. The lowest BCUT2D eigenvalue weighted by Crippen LogP contribution is -2.15. The van der Waals surface area contributed by atoms with E-state index in [1.807, 2.05) is 17.8 Å². The Hall–Kier alpha value is -1.27. The number of nitrogens with zero attached hydrogens (tertiary/aromatic N) is 4. The quantitative estimate of drug-likeness (QED) is 0.799. The third-order valence-corrected chi connectivity index (χ3v) is 2.57. The molecule has 0 aliphatic heterocycles. The minimum absolute atomic E-state index is 0.116. The highest BCUT2D eigenvalue weighted by Gasteiger charge is 2.12. The van der Waals surface area contributed by atoms with Crippen molar-refractivity contribution in [1.29, 1.82) is 0 Å². The van der Waals surface area contributed by atoms with Crippen molar-refractivity contribution in [2.45, 2.75) is 12.5 Å². The van der Waals surface area contributed by atoms with E-state index in [9.17, 15) is 0 Å². The molecule has 74 valence electrons. The van der Waals surface area contributed by atoms with E-state index >= 15 is 0 Å². The molecule has 2 aromatic rings. The highest BCUT2D eigenvalue weighted by Crippen LogP contribution is 2.12. The van der Waals surface area contributed by atoms with Gasteiger partial charge in [0.1, 0.15) is 5.82 Å². The van der Waals surface area contributed by atoms with Gasteiger partial charge in [-0.15, -0.1) is 0 Å². The van der Waals surface area contributed by atoms with Gasteiger partial charge < -0.3 is 10.3 Å². The first-order valence-electron chi connectivity index (χ1n) is 4.26. The van der Waals surface area contributed by atoms with E-state index in [1.165, 1.54) is 11.7 Å². The number of hydrogen-bond acceptors (Lipinski definition) is 5. The van der Waals surface area contributed by atoms with Crippen LogP contribution in [0.4, 0.5) is 0 Å². The van der Waals surface area contributed by atoms with Gasteiger partial charge >= 0.3 is 0 Å². The molecule has 0 amide bonds. The Balaban J connectivity index is 2.09. The molecule has 2 N–H and O–H groups in total. The summed E-state index contributed by atoms with van der Waals surface area (Å²) in [6.07, 6.45) is 6.07. The van der Waals surface area contributed by atoms with Crippen LogP contribution in [0.1, 0.15) is 17.6 Å². The lowest BCUT2D eigenvalue weighted by molar-refractivity contribution is 0.648. The minimum atomic E-state index is -0.116. The first kappa shape index (κ1) is 9.29. The molecule has 2 heterocycles. The zero-order valence-corrected chi connectivity index (χ0v) is 8.61. The van der Waals surface area contributed by atoms with Crippen molar-refractivity contribution in [3.63, 3.8) is 0 Å². The number of aryl methyl sites for hydroxylation is 1. The van der Waals surface area contributed by atoms with Crippen molar-refractivity contribution >= 4 is 11.7 Å². The Morgan fingerprint density at radius 2 is 2.50 bits per heavy atom. The van der Waals surface area contributed by atoms with Crippen LogP contribution in [0.25, 0.3) is 0 Å². The molecular formula is C8H11N5S. The molecule has 0 spiro atoms. The molecule has 0 aliphatic rings. The van der Waals surface area contributed by atoms with Crippen molar-refractivity contribution in [2.75, 3.05) is 0 Å². The third kappa shape index (κ3) is 1.80. The van der Waals surface area contributed by atoms with Gasteiger partial charge in [0.05, 0.1) is 29.7 Å². The summed E-state index contributed by atoms with van der Waals surface area (Å²) in [5, 5.41) is 0. The zero-order chi connectivity index (χ0) is 9.97. The Kier molecular flexibility index (Phi) is 2.55. The maximum absolute atomic E-state index is 5.95. The van der Waals surface area contributed by atoms with Crippen LogP contribution >= 0.6 is 11.7 Å². The summed E-state index contributed by atoms with van der Waals surface area (Å²) < 4.78 is 9.97. The van der Waals surface area contributed by atoms with Gasteiger partial charge in [-0.3, -0.25) is 0 Å². The van der Waals surface area contributed by atoms with Gasteiger partial charge in [-0.25, -0.2) is 4.98 Å². The van der Waals surface area contributed by atoms with Gasteiger partial charge in [-0.05, 0) is 0 Å². The first-order valence-corrected chi connectivity index (χ1v) is 4.99. The van der Waals surface area contributed by atoms with E-state index in [2.05, 4.69) is 13.7 Å². The molecule has 0 fully saturated rings. The molecule has 1 atom stereocenters. The summed E-state index contributed by atoms with van der Waals surface area (Å²) >= 11 is 1.18. The monoisotopic (exact) mass is 209 g/mol. The van der Waals surface area contributed by atoms with Crippen LogP contribution in [0.5, 0.6) is 0 Å². The molecule has 6 heteroatoms. The first-order chi connectivity index (χ1) is 6.77. The van der Waals surface area contributed by atoms with Crippen LogP contribution in [0, 0.1) is 0 Å². The normalized spacial score (nSPS) is 13.0. The predicted molar refractivity (Wildman–Crippen MR) is 53.7 cm³/mol. The third-order valence-electron chi connectivity index (χ3n) is 2.08. The van der Waals surface area contributed by atoms with E-state index in [-0.39, 0.29) is 6.04 Å². The summed E-state index contributed by atoms with van der Waals surface area (Å²) in [5.41, 5.74) is 6.78. The minimum Gasteiger partial charge on any atom is -0.338 e. The molecule has 5 nitrogen and oxygen atoms in total. The second-order valence-electron chi connectivity index (χ2n) is 3.10. The highest BCUT2D eigenvalue weighted by atomic mass is 32.1. The summed E-state index contributed by atoms with van der Waals surface area (Å²) in [7, 11) is 1.95. The number of nitrogens with two attached hydrogens (primary N) is 1. The van der Waals surface area contributed by atoms with Gasteiger partial charge in [-0.1, -0.05) is 0 Å². The van der Waals surface area contributed by atoms with Crippen LogP contribution in [0.3, 0.4) is 0 Å². The van der Waals surface area contributed by atoms with Crippen molar-refractivity contribution in [2.24, 2.45) is 12.8 Å². The number of imidazole rings is 1. The van der Waals surface area contributed by atoms with Gasteiger partial charge in [-0.2, -0.15) is 8.75 Å². The molecule has 0 saturated heterocycles. The molecule has 2 aromatic heterocycles. The maximum Gasteiger partial charge on any atom is 0.110 e. The van der Waals surface area contributed by atoms with E-state index in [4.69, 9.17) is 5.73 Å². The molecule has 0 radical (unpaired) electrons. The van der Waals surface area contributed by atoms with E-state index < -0.39 is 0 Å². The SMILES string of the molecule is Cn1ccnc1CC(N)c1cnsn1. The van der Waals surface area contributed by atoms with Crippen LogP contribution in [-0.2, 0) is 13.5 Å². The van der Waals surface area contributed by atoms with E-state index in [0.717, 1.165) is 11.5 Å². The van der Waals surface area contributed by atoms with E-state index in [1.54, 1.807) is 12.4 Å². The predicted octanol–water partition coefficient (Wildman–Crippen LogP) is 0.514. The Morgan fingerprint density at radius 1 is 1.64 bits per heavy atom. The molecular weight excluding hydrogens is 198 g/mol. The number of rotatable bonds is 3. The van der Waals surface area contributed by atoms with Crippen LogP contribution < -0.4 is 5.73 Å². The molecule has 0 saturated carbocycles. The van der Waals surface area contributed by atoms with Crippen molar-refractivity contribution in [1.82, 2.24) is 18.3 Å². The second kappa shape index (κ2) is 3.85. The standard InChI is InChI=1S/C8H11N5S/c1-13-3-2-10-8(13)4-6(9)7-5-11-14-12-7/h2-3,5-6H,4,9H2,1H3. The Labute approximate surface area is 85.9 Å². The van der Waals surface area contributed by atoms with Crippen LogP contribution in [-0.4, -0.2) is 18.3 Å². The lowest BCUT2D eigenvalue weighted by atomic mass is 10.1. The number of hydrogen-bond donors (Lipinski definition) is 1. The summed E-state index contributed by atoms with van der Waals surface area (Å²) in [5.74, 6) is 0.963. The van der Waals surface area contributed by atoms with Gasteiger partial charge in [0.15, 0.2) is 0 Å². The largest absolute Gasteiger partial charge is 0.338 e. The molecule has 1 unspecified atom stereocenters. The van der Waals surface area contributed by atoms with E-state index in [0.29, 0.717) is 6.42 Å². The van der Waals surface area contributed by atoms with Gasteiger partial charge in [0.2, 0.25) is 0 Å². The average molecular weight is 209 g/mol. The molecule has 14 heavy (non-hydrogen) atoms. The molecule has 0 aromatic carbocycles. The fraction of sp³-hybridized carbons (Fsp3) is 0.375. The smallest absolute Gasteiger partial charge is 0.110 e. The van der Waals surface area contributed by atoms with Crippen molar-refractivity contribution in [3.8, 4) is 0 Å². The summed E-state index contributed by atoms with van der Waals surface area (Å²) in [4.78, 5) is 4.20. The van der Waals surface area contributed by atoms with Crippen LogP contribution in [0.2, 0.25) is 0 Å². The fourth-order valence-electron chi connectivity index (χ4n) is 1.23. The Bertz CT molecular complexity index is 394. The highest BCUT2D eigenvalue weighted by molar-refractivity contribution is 6.99. The second-order valence-corrected chi connectivity index (χ2v) is 3.65. The fourth-order valence-corrected chi connectivity index (χ4v) is 1.71. The lowest BCUT2D eigenvalue weighted by Gasteiger charge is -2.07. The van der Waals surface area contributed by atoms with Crippen molar-refractivity contribution < 1.29 is 0 Å². The number of aromatic nitrogens is 4. The zero-order valence-electron chi connectivity index (χ0n) is 7.79. The maximum atomic E-state index is 5.95. The van der Waals surface area contributed by atoms with Gasteiger partial charge in [0.25, 0.3) is 0 Å². The summed E-state index contributed by atoms with van der Waals surface area (Å²) in [6.45, 7) is 0. The Morgan fingerprint density at radius 3 is 3.07 bits per heavy atom. The van der Waals surface area contributed by atoms with Gasteiger partial charge in [0, 0.05) is 25.9 Å². The molecule has 2 rings (SSSR count).